The summed E-state index contributed by atoms with van der Waals surface area (Å²) in [5.41, 5.74) is 9.12. The van der Waals surface area contributed by atoms with Gasteiger partial charge in [-0.3, -0.25) is 4.98 Å². The second-order valence-corrected chi connectivity index (χ2v) is 3.16. The summed E-state index contributed by atoms with van der Waals surface area (Å²) in [6.07, 6.45) is 2.80. The van der Waals surface area contributed by atoms with E-state index in [1.807, 2.05) is 0 Å². The van der Waals surface area contributed by atoms with Crippen molar-refractivity contribution in [3.63, 3.8) is 0 Å². The summed E-state index contributed by atoms with van der Waals surface area (Å²) in [6.45, 7) is 4.54. The predicted molar refractivity (Wildman–Crippen MR) is 60.2 cm³/mol. The molecule has 0 radical (unpaired) electrons. The third-order valence-electron chi connectivity index (χ3n) is 1.91. The number of quaternary nitrogens is 1. The molecule has 0 amide bonds. The Labute approximate surface area is 98.0 Å². The van der Waals surface area contributed by atoms with Gasteiger partial charge in [0.1, 0.15) is 6.20 Å². The van der Waals surface area contributed by atoms with Crippen molar-refractivity contribution >= 4 is 11.4 Å². The molecule has 92 valence electrons. The van der Waals surface area contributed by atoms with E-state index in [4.69, 9.17) is 10.9 Å². The van der Waals surface area contributed by atoms with Crippen LogP contribution in [0.2, 0.25) is 0 Å². The minimum absolute atomic E-state index is 0.186. The number of rotatable bonds is 7. The van der Waals surface area contributed by atoms with Crippen LogP contribution in [0.15, 0.2) is 30.9 Å². The molecule has 1 aromatic rings. The van der Waals surface area contributed by atoms with Gasteiger partial charge < -0.3 is 11.1 Å². The van der Waals surface area contributed by atoms with Crippen LogP contribution in [0.4, 0.5) is 11.4 Å². The maximum atomic E-state index is 11.7. The molecule has 0 saturated heterocycles. The first-order chi connectivity index (χ1) is 8.19. The van der Waals surface area contributed by atoms with Crippen molar-refractivity contribution in [3.05, 3.63) is 35.8 Å². The second-order valence-electron chi connectivity index (χ2n) is 3.16. The number of nitrogens with one attached hydrogen (secondary N) is 2. The molecule has 0 atom stereocenters. The fourth-order valence-electron chi connectivity index (χ4n) is 1.12. The van der Waals surface area contributed by atoms with E-state index in [0.29, 0.717) is 29.5 Å². The van der Waals surface area contributed by atoms with Crippen molar-refractivity contribution in [1.82, 2.24) is 15.7 Å². The highest BCUT2D eigenvalue weighted by molar-refractivity contribution is 5.47. The molecule has 0 fully saturated rings. The summed E-state index contributed by atoms with van der Waals surface area (Å²) in [7, 11) is 0. The maximum Gasteiger partial charge on any atom is 0.373 e. The average Bonchev–Trinajstić information content (AvgIpc) is 2.36. The highest BCUT2D eigenvalue weighted by atomic mass is 16.5. The molecule has 1 heterocycles. The number of hydrogen-bond donors (Lipinski definition) is 5. The molecule has 0 spiro atoms. The van der Waals surface area contributed by atoms with Crippen LogP contribution in [0, 0.1) is 4.91 Å². The standard InChI is InChI=1S/C9H15N6O2/c1-7(12-5-3-10)13-15(17)9-6-11-4-2-8(9)14-16/h2,4,6,12,16H,1,3,5,10H2,(H,11,14)(H,13,17)/q+1/p+1. The zero-order chi connectivity index (χ0) is 12.7. The Morgan fingerprint density at radius 1 is 1.71 bits per heavy atom. The van der Waals surface area contributed by atoms with Gasteiger partial charge in [0, 0.05) is 25.4 Å². The first-order valence-electron chi connectivity index (χ1n) is 4.97. The van der Waals surface area contributed by atoms with Gasteiger partial charge in [-0.15, -0.1) is 0 Å². The number of hydrazine groups is 1. The van der Waals surface area contributed by atoms with Crippen LogP contribution >= 0.6 is 0 Å². The Hall–Kier alpha value is -2.03. The van der Waals surface area contributed by atoms with E-state index in [9.17, 15) is 4.91 Å². The molecule has 0 aliphatic rings. The molecule has 17 heavy (non-hydrogen) atoms. The van der Waals surface area contributed by atoms with E-state index >= 15 is 0 Å². The minimum atomic E-state index is 0.186. The van der Waals surface area contributed by atoms with Crippen LogP contribution in [0.3, 0.4) is 0 Å². The van der Waals surface area contributed by atoms with E-state index in [1.54, 1.807) is 0 Å². The second kappa shape index (κ2) is 6.53. The van der Waals surface area contributed by atoms with Gasteiger partial charge in [-0.2, -0.15) is 5.48 Å². The van der Waals surface area contributed by atoms with Crippen molar-refractivity contribution in [2.75, 3.05) is 13.1 Å². The molecule has 1 rings (SSSR count). The lowest BCUT2D eigenvalue weighted by molar-refractivity contribution is -0.827. The third kappa shape index (κ3) is 3.79. The van der Waals surface area contributed by atoms with Crippen LogP contribution in [0.1, 0.15) is 0 Å². The van der Waals surface area contributed by atoms with Crippen LogP contribution < -0.4 is 22.0 Å². The SMILES string of the molecule is C=C(NCCN)N[N+](=O)c1cnccc1[NH2+]O. The summed E-state index contributed by atoms with van der Waals surface area (Å²) in [5.74, 6) is 0.318. The Bertz CT molecular complexity index is 408. The van der Waals surface area contributed by atoms with Gasteiger partial charge in [-0.25, -0.2) is 5.21 Å². The Balaban J connectivity index is 2.66. The quantitative estimate of drug-likeness (QED) is 0.295. The Morgan fingerprint density at radius 3 is 3.12 bits per heavy atom. The van der Waals surface area contributed by atoms with Gasteiger partial charge in [-0.05, 0) is 0 Å². The van der Waals surface area contributed by atoms with Crippen LogP contribution in [0.25, 0.3) is 0 Å². The molecular formula is C9H16N6O2+2. The van der Waals surface area contributed by atoms with Crippen molar-refractivity contribution < 1.29 is 15.6 Å². The largest absolute Gasteiger partial charge is 0.373 e. The van der Waals surface area contributed by atoms with E-state index in [0.717, 1.165) is 5.48 Å². The zero-order valence-corrected chi connectivity index (χ0v) is 9.26. The summed E-state index contributed by atoms with van der Waals surface area (Å²) < 4.78 is 0. The topological polar surface area (TPSA) is 120 Å². The molecule has 0 bridgehead atoms. The lowest BCUT2D eigenvalue weighted by Gasteiger charge is -2.04. The van der Waals surface area contributed by atoms with Gasteiger partial charge in [-0.1, -0.05) is 12.0 Å². The first kappa shape index (κ1) is 13.0. The molecule has 0 aromatic carbocycles. The summed E-state index contributed by atoms with van der Waals surface area (Å²) in [6, 6.07) is 1.51. The molecule has 7 N–H and O–H groups in total. The summed E-state index contributed by atoms with van der Waals surface area (Å²) in [5, 5.41) is 11.7. The maximum absolute atomic E-state index is 11.7. The van der Waals surface area contributed by atoms with Gasteiger partial charge in [0.15, 0.2) is 10.7 Å². The molecule has 0 saturated carbocycles. The van der Waals surface area contributed by atoms with E-state index in [1.165, 1.54) is 18.5 Å². The number of nitrogens with zero attached hydrogens (tertiary/aromatic N) is 2. The highest BCUT2D eigenvalue weighted by Gasteiger charge is 2.23. The third-order valence-corrected chi connectivity index (χ3v) is 1.91. The predicted octanol–water partition coefficient (Wildman–Crippen LogP) is -1.40. The van der Waals surface area contributed by atoms with Gasteiger partial charge in [0.25, 0.3) is 0 Å². The lowest BCUT2D eigenvalue weighted by atomic mass is 10.3. The number of pyridine rings is 1. The lowest BCUT2D eigenvalue weighted by Crippen LogP contribution is -2.74. The zero-order valence-electron chi connectivity index (χ0n) is 9.26. The molecule has 0 aliphatic heterocycles. The summed E-state index contributed by atoms with van der Waals surface area (Å²) in [4.78, 5) is 16.0. The normalized spacial score (nSPS) is 9.76. The molecule has 0 unspecified atom stereocenters. The number of nitroso groups, excluding NO2 is 1. The van der Waals surface area contributed by atoms with Gasteiger partial charge >= 0.3 is 5.69 Å². The van der Waals surface area contributed by atoms with Crippen molar-refractivity contribution in [3.8, 4) is 0 Å². The first-order valence-corrected chi connectivity index (χ1v) is 4.97. The molecule has 1 aromatic heterocycles. The van der Waals surface area contributed by atoms with Crippen molar-refractivity contribution in [2.24, 2.45) is 5.73 Å². The van der Waals surface area contributed by atoms with E-state index in [-0.39, 0.29) is 5.69 Å². The molecule has 8 nitrogen and oxygen atoms in total. The Kier molecular flexibility index (Phi) is 5.01. The van der Waals surface area contributed by atoms with Gasteiger partial charge in [0.2, 0.25) is 5.69 Å². The molecule has 8 heteroatoms. The molecular weight excluding hydrogens is 224 g/mol. The van der Waals surface area contributed by atoms with Crippen LogP contribution in [0.5, 0.6) is 0 Å². The number of hydrogen-bond acceptors (Lipinski definition) is 5. The number of aromatic nitrogens is 1. The number of nitrogens with two attached hydrogens (primary N) is 2. The summed E-state index contributed by atoms with van der Waals surface area (Å²) >= 11 is 0. The fraction of sp³-hybridized carbons (Fsp3) is 0.222. The van der Waals surface area contributed by atoms with Crippen LogP contribution in [-0.4, -0.2) is 28.1 Å². The smallest absolute Gasteiger partial charge is 0.367 e. The van der Waals surface area contributed by atoms with Crippen LogP contribution in [-0.2, 0) is 0 Å². The van der Waals surface area contributed by atoms with Crippen molar-refractivity contribution in [1.29, 1.82) is 0 Å². The minimum Gasteiger partial charge on any atom is -0.367 e. The molecule has 0 aliphatic carbocycles. The Morgan fingerprint density at radius 2 is 2.47 bits per heavy atom. The monoisotopic (exact) mass is 240 g/mol. The fourth-order valence-corrected chi connectivity index (χ4v) is 1.12. The van der Waals surface area contributed by atoms with E-state index in [2.05, 4.69) is 22.3 Å². The van der Waals surface area contributed by atoms with Gasteiger partial charge in [0.05, 0.1) is 4.91 Å². The van der Waals surface area contributed by atoms with Crippen molar-refractivity contribution in [2.45, 2.75) is 0 Å². The van der Waals surface area contributed by atoms with E-state index < -0.39 is 0 Å². The average molecular weight is 240 g/mol. The highest BCUT2D eigenvalue weighted by Crippen LogP contribution is 2.15.